The number of rotatable bonds is 5. The van der Waals surface area contributed by atoms with Gasteiger partial charge in [-0.25, -0.2) is 0 Å². The molecule has 19 heavy (non-hydrogen) atoms. The number of pyridine rings is 1. The van der Waals surface area contributed by atoms with Crippen LogP contribution in [0.1, 0.15) is 26.5 Å². The molecule has 3 nitrogen and oxygen atoms in total. The summed E-state index contributed by atoms with van der Waals surface area (Å²) in [5, 5.41) is 3.46. The van der Waals surface area contributed by atoms with Crippen LogP contribution in [0.15, 0.2) is 18.3 Å². The van der Waals surface area contributed by atoms with Gasteiger partial charge < -0.3 is 10.2 Å². The van der Waals surface area contributed by atoms with Crippen molar-refractivity contribution in [2.24, 2.45) is 5.92 Å². The molecule has 0 bridgehead atoms. The molecule has 1 unspecified atom stereocenters. The van der Waals surface area contributed by atoms with Gasteiger partial charge in [-0.15, -0.1) is 0 Å². The van der Waals surface area contributed by atoms with E-state index in [2.05, 4.69) is 59.9 Å². The standard InChI is InChI=1S/C15H25N3S/c1-12(2)9-16-10-14-8-15(4-5-17-14)18-6-7-19-11-13(18)3/h4-5,8,12-13,16H,6-7,9-11H2,1-3H3. The van der Waals surface area contributed by atoms with Gasteiger partial charge in [-0.1, -0.05) is 13.8 Å². The molecule has 1 aliphatic rings. The molecular weight excluding hydrogens is 254 g/mol. The van der Waals surface area contributed by atoms with Crippen LogP contribution in [0.3, 0.4) is 0 Å². The number of nitrogens with zero attached hydrogens (tertiary/aromatic N) is 2. The fraction of sp³-hybridized carbons (Fsp3) is 0.667. The summed E-state index contributed by atoms with van der Waals surface area (Å²) in [6, 6.07) is 5.00. The van der Waals surface area contributed by atoms with Gasteiger partial charge in [-0.3, -0.25) is 4.98 Å². The summed E-state index contributed by atoms with van der Waals surface area (Å²) < 4.78 is 0. The second-order valence-corrected chi connectivity index (χ2v) is 6.80. The highest BCUT2D eigenvalue weighted by Crippen LogP contribution is 2.23. The van der Waals surface area contributed by atoms with Crippen LogP contribution >= 0.6 is 11.8 Å². The zero-order valence-corrected chi connectivity index (χ0v) is 13.0. The van der Waals surface area contributed by atoms with Crippen molar-refractivity contribution in [3.63, 3.8) is 0 Å². The fourth-order valence-electron chi connectivity index (χ4n) is 2.34. The van der Waals surface area contributed by atoms with E-state index in [1.54, 1.807) is 0 Å². The summed E-state index contributed by atoms with van der Waals surface area (Å²) >= 11 is 2.05. The van der Waals surface area contributed by atoms with E-state index in [9.17, 15) is 0 Å². The van der Waals surface area contributed by atoms with Crippen molar-refractivity contribution in [1.29, 1.82) is 0 Å². The third-order valence-corrected chi connectivity index (χ3v) is 4.55. The third-order valence-electron chi connectivity index (χ3n) is 3.36. The van der Waals surface area contributed by atoms with Crippen LogP contribution in [-0.4, -0.2) is 35.6 Å². The Morgan fingerprint density at radius 2 is 2.37 bits per heavy atom. The largest absolute Gasteiger partial charge is 0.367 e. The Labute approximate surface area is 121 Å². The van der Waals surface area contributed by atoms with Crippen molar-refractivity contribution in [2.45, 2.75) is 33.4 Å². The van der Waals surface area contributed by atoms with Crippen molar-refractivity contribution in [2.75, 3.05) is 29.5 Å². The zero-order chi connectivity index (χ0) is 13.7. The quantitative estimate of drug-likeness (QED) is 0.897. The summed E-state index contributed by atoms with van der Waals surface area (Å²) in [6.45, 7) is 9.82. The van der Waals surface area contributed by atoms with Gasteiger partial charge in [-0.2, -0.15) is 11.8 Å². The SMILES string of the molecule is CC(C)CNCc1cc(N2CCSCC2C)ccn1. The first-order valence-corrected chi connectivity index (χ1v) is 8.32. The molecule has 0 radical (unpaired) electrons. The van der Waals surface area contributed by atoms with Crippen LogP contribution in [0.4, 0.5) is 5.69 Å². The number of hydrogen-bond acceptors (Lipinski definition) is 4. The first kappa shape index (κ1) is 14.7. The van der Waals surface area contributed by atoms with E-state index < -0.39 is 0 Å². The smallest absolute Gasteiger partial charge is 0.0562 e. The molecule has 0 amide bonds. The minimum Gasteiger partial charge on any atom is -0.367 e. The van der Waals surface area contributed by atoms with Crippen LogP contribution < -0.4 is 10.2 Å². The molecular formula is C15H25N3S. The molecule has 1 aromatic heterocycles. The summed E-state index contributed by atoms with van der Waals surface area (Å²) in [5.41, 5.74) is 2.47. The molecule has 0 aliphatic carbocycles. The van der Waals surface area contributed by atoms with Gasteiger partial charge in [-0.05, 0) is 31.5 Å². The Morgan fingerprint density at radius 1 is 1.53 bits per heavy atom. The topological polar surface area (TPSA) is 28.2 Å². The van der Waals surface area contributed by atoms with E-state index in [0.29, 0.717) is 12.0 Å². The highest BCUT2D eigenvalue weighted by atomic mass is 32.2. The highest BCUT2D eigenvalue weighted by Gasteiger charge is 2.19. The van der Waals surface area contributed by atoms with Crippen molar-refractivity contribution in [3.8, 4) is 0 Å². The third kappa shape index (κ3) is 4.39. The van der Waals surface area contributed by atoms with Crippen molar-refractivity contribution in [1.82, 2.24) is 10.3 Å². The predicted molar refractivity (Wildman–Crippen MR) is 84.9 cm³/mol. The zero-order valence-electron chi connectivity index (χ0n) is 12.2. The van der Waals surface area contributed by atoms with Gasteiger partial charge in [0.2, 0.25) is 0 Å². The Balaban J connectivity index is 1.98. The maximum Gasteiger partial charge on any atom is 0.0562 e. The monoisotopic (exact) mass is 279 g/mol. The molecule has 1 aromatic rings. The Hall–Kier alpha value is -0.740. The van der Waals surface area contributed by atoms with Crippen molar-refractivity contribution in [3.05, 3.63) is 24.0 Å². The van der Waals surface area contributed by atoms with Crippen molar-refractivity contribution < 1.29 is 0 Å². The predicted octanol–water partition coefficient (Wildman–Crippen LogP) is 2.77. The maximum absolute atomic E-state index is 4.46. The average molecular weight is 279 g/mol. The van der Waals surface area contributed by atoms with Crippen LogP contribution in [0.5, 0.6) is 0 Å². The molecule has 1 fully saturated rings. The highest BCUT2D eigenvalue weighted by molar-refractivity contribution is 7.99. The van der Waals surface area contributed by atoms with Gasteiger partial charge in [0.15, 0.2) is 0 Å². The molecule has 2 heterocycles. The molecule has 1 saturated heterocycles. The summed E-state index contributed by atoms with van der Waals surface area (Å²) in [5.74, 6) is 3.14. The molecule has 1 N–H and O–H groups in total. The summed E-state index contributed by atoms with van der Waals surface area (Å²) in [6.07, 6.45) is 1.94. The second-order valence-electron chi connectivity index (χ2n) is 5.65. The van der Waals surface area contributed by atoms with Crippen molar-refractivity contribution >= 4 is 17.4 Å². The fourth-order valence-corrected chi connectivity index (χ4v) is 3.35. The lowest BCUT2D eigenvalue weighted by molar-refractivity contribution is 0.548. The Kier molecular flexibility index (Phi) is 5.52. The van der Waals surface area contributed by atoms with Gasteiger partial charge >= 0.3 is 0 Å². The first-order chi connectivity index (χ1) is 9.16. The van der Waals surface area contributed by atoms with Gasteiger partial charge in [0.05, 0.1) is 5.69 Å². The lowest BCUT2D eigenvalue weighted by Crippen LogP contribution is -2.40. The molecule has 106 valence electrons. The number of aromatic nitrogens is 1. The van der Waals surface area contributed by atoms with E-state index in [1.807, 2.05) is 6.20 Å². The first-order valence-electron chi connectivity index (χ1n) is 7.17. The Bertz CT molecular complexity index is 395. The van der Waals surface area contributed by atoms with E-state index in [1.165, 1.54) is 17.2 Å². The van der Waals surface area contributed by atoms with E-state index in [4.69, 9.17) is 0 Å². The molecule has 1 aliphatic heterocycles. The number of thioether (sulfide) groups is 1. The second kappa shape index (κ2) is 7.15. The minimum atomic E-state index is 0.623. The normalized spacial score (nSPS) is 20.0. The molecule has 1 atom stereocenters. The minimum absolute atomic E-state index is 0.623. The average Bonchev–Trinajstić information content (AvgIpc) is 2.39. The van der Waals surface area contributed by atoms with Gasteiger partial charge in [0, 0.05) is 42.5 Å². The van der Waals surface area contributed by atoms with E-state index in [-0.39, 0.29) is 0 Å². The molecule has 0 saturated carbocycles. The summed E-state index contributed by atoms with van der Waals surface area (Å²) in [4.78, 5) is 6.97. The lowest BCUT2D eigenvalue weighted by Gasteiger charge is -2.35. The summed E-state index contributed by atoms with van der Waals surface area (Å²) in [7, 11) is 0. The Morgan fingerprint density at radius 3 is 3.11 bits per heavy atom. The number of anilines is 1. The number of nitrogens with one attached hydrogen (secondary N) is 1. The van der Waals surface area contributed by atoms with Crippen LogP contribution in [-0.2, 0) is 6.54 Å². The van der Waals surface area contributed by atoms with E-state index >= 15 is 0 Å². The maximum atomic E-state index is 4.46. The molecule has 4 heteroatoms. The lowest BCUT2D eigenvalue weighted by atomic mass is 10.2. The van der Waals surface area contributed by atoms with Gasteiger partial charge in [0.1, 0.15) is 0 Å². The van der Waals surface area contributed by atoms with Crippen LogP contribution in [0, 0.1) is 5.92 Å². The molecule has 0 aromatic carbocycles. The molecule has 2 rings (SSSR count). The number of hydrogen-bond donors (Lipinski definition) is 1. The molecule has 0 spiro atoms. The van der Waals surface area contributed by atoms with E-state index in [0.717, 1.165) is 25.3 Å². The van der Waals surface area contributed by atoms with Crippen LogP contribution in [0.25, 0.3) is 0 Å². The van der Waals surface area contributed by atoms with Crippen LogP contribution in [0.2, 0.25) is 0 Å². The van der Waals surface area contributed by atoms with Gasteiger partial charge in [0.25, 0.3) is 0 Å².